The molecule has 100 valence electrons. The summed E-state index contributed by atoms with van der Waals surface area (Å²) in [5.41, 5.74) is 9.24. The van der Waals surface area contributed by atoms with Crippen molar-refractivity contribution in [3.63, 3.8) is 0 Å². The molecule has 0 aliphatic rings. The zero-order chi connectivity index (χ0) is 13.8. The van der Waals surface area contributed by atoms with Gasteiger partial charge in [0.2, 0.25) is 0 Å². The fraction of sp³-hybridized carbons (Fsp3) is 0.250. The predicted octanol–water partition coefficient (Wildman–Crippen LogP) is 3.39. The number of methoxy groups -OCH3 is 1. The lowest BCUT2D eigenvalue weighted by molar-refractivity contribution is 0.414. The number of halogens is 1. The van der Waals surface area contributed by atoms with Crippen molar-refractivity contribution in [2.24, 2.45) is 5.73 Å². The van der Waals surface area contributed by atoms with Gasteiger partial charge >= 0.3 is 0 Å². The summed E-state index contributed by atoms with van der Waals surface area (Å²) in [5.74, 6) is 0.605. The average molecular weight is 259 g/mol. The molecule has 19 heavy (non-hydrogen) atoms. The van der Waals surface area contributed by atoms with Crippen molar-refractivity contribution in [1.29, 1.82) is 0 Å². The smallest absolute Gasteiger partial charge is 0.123 e. The normalized spacial score (nSPS) is 12.2. The van der Waals surface area contributed by atoms with Crippen LogP contribution in [-0.4, -0.2) is 7.11 Å². The molecule has 0 aromatic heterocycles. The molecular weight excluding hydrogens is 241 g/mol. The molecule has 1 unspecified atom stereocenters. The molecule has 0 heterocycles. The van der Waals surface area contributed by atoms with Gasteiger partial charge in [0, 0.05) is 6.04 Å². The Kier molecular flexibility index (Phi) is 4.17. The Hall–Kier alpha value is -1.87. The van der Waals surface area contributed by atoms with Gasteiger partial charge in [0.1, 0.15) is 11.6 Å². The molecule has 0 aliphatic carbocycles. The number of aryl methyl sites for hydroxylation is 1. The van der Waals surface area contributed by atoms with Crippen molar-refractivity contribution in [3.8, 4) is 5.75 Å². The van der Waals surface area contributed by atoms with Gasteiger partial charge in [-0.05, 0) is 54.3 Å². The number of nitrogens with two attached hydrogens (primary N) is 1. The first kappa shape index (κ1) is 13.6. The number of benzene rings is 2. The van der Waals surface area contributed by atoms with E-state index in [1.54, 1.807) is 13.2 Å². The third-order valence-electron chi connectivity index (χ3n) is 3.29. The third kappa shape index (κ3) is 3.32. The van der Waals surface area contributed by atoms with E-state index in [9.17, 15) is 4.39 Å². The van der Waals surface area contributed by atoms with E-state index in [1.165, 1.54) is 12.1 Å². The molecule has 2 aromatic rings. The second-order valence-electron chi connectivity index (χ2n) is 4.65. The van der Waals surface area contributed by atoms with Crippen LogP contribution in [-0.2, 0) is 6.42 Å². The summed E-state index contributed by atoms with van der Waals surface area (Å²) in [6.07, 6.45) is 0.693. The van der Waals surface area contributed by atoms with Crippen molar-refractivity contribution in [2.45, 2.75) is 19.4 Å². The number of hydrogen-bond donors (Lipinski definition) is 1. The molecule has 0 radical (unpaired) electrons. The molecule has 2 rings (SSSR count). The van der Waals surface area contributed by atoms with Gasteiger partial charge < -0.3 is 10.5 Å². The maximum atomic E-state index is 13.0. The predicted molar refractivity (Wildman–Crippen MR) is 74.8 cm³/mol. The van der Waals surface area contributed by atoms with E-state index in [0.29, 0.717) is 6.42 Å². The molecule has 2 nitrogen and oxygen atoms in total. The molecular formula is C16H18FNO. The minimum absolute atomic E-state index is 0.102. The summed E-state index contributed by atoms with van der Waals surface area (Å²) >= 11 is 0. The highest BCUT2D eigenvalue weighted by Gasteiger charge is 2.09. The minimum atomic E-state index is -0.209. The number of ether oxygens (including phenoxy) is 1. The topological polar surface area (TPSA) is 35.2 Å². The van der Waals surface area contributed by atoms with E-state index < -0.39 is 0 Å². The molecule has 0 saturated heterocycles. The van der Waals surface area contributed by atoms with Gasteiger partial charge in [-0.25, -0.2) is 4.39 Å². The lowest BCUT2D eigenvalue weighted by atomic mass is 9.97. The van der Waals surface area contributed by atoms with Crippen molar-refractivity contribution in [2.75, 3.05) is 7.11 Å². The molecule has 1 atom stereocenters. The van der Waals surface area contributed by atoms with E-state index in [-0.39, 0.29) is 11.9 Å². The zero-order valence-corrected chi connectivity index (χ0v) is 11.2. The van der Waals surface area contributed by atoms with Crippen LogP contribution in [0.3, 0.4) is 0 Å². The first-order valence-electron chi connectivity index (χ1n) is 6.24. The first-order valence-corrected chi connectivity index (χ1v) is 6.24. The molecule has 2 aromatic carbocycles. The van der Waals surface area contributed by atoms with Gasteiger partial charge in [-0.15, -0.1) is 0 Å². The van der Waals surface area contributed by atoms with Crippen molar-refractivity contribution >= 4 is 0 Å². The summed E-state index contributed by atoms with van der Waals surface area (Å²) in [7, 11) is 1.64. The average Bonchev–Trinajstić information content (AvgIpc) is 2.42. The van der Waals surface area contributed by atoms with E-state index >= 15 is 0 Å². The van der Waals surface area contributed by atoms with E-state index in [2.05, 4.69) is 0 Å². The highest BCUT2D eigenvalue weighted by Crippen LogP contribution is 2.21. The number of hydrogen-bond acceptors (Lipinski definition) is 2. The zero-order valence-electron chi connectivity index (χ0n) is 11.2. The van der Waals surface area contributed by atoms with Gasteiger partial charge in [0.25, 0.3) is 0 Å². The van der Waals surface area contributed by atoms with Gasteiger partial charge in [0.15, 0.2) is 0 Å². The van der Waals surface area contributed by atoms with Crippen LogP contribution in [0, 0.1) is 12.7 Å². The molecule has 0 saturated carbocycles. The first-order chi connectivity index (χ1) is 9.10. The third-order valence-corrected chi connectivity index (χ3v) is 3.29. The molecule has 3 heteroatoms. The fourth-order valence-corrected chi connectivity index (χ4v) is 2.09. The van der Waals surface area contributed by atoms with Crippen LogP contribution in [0.1, 0.15) is 22.7 Å². The fourth-order valence-electron chi connectivity index (χ4n) is 2.09. The van der Waals surface area contributed by atoms with E-state index in [1.807, 2.05) is 31.2 Å². The molecule has 0 aliphatic heterocycles. The van der Waals surface area contributed by atoms with Crippen molar-refractivity contribution in [1.82, 2.24) is 0 Å². The summed E-state index contributed by atoms with van der Waals surface area (Å²) < 4.78 is 18.2. The van der Waals surface area contributed by atoms with Gasteiger partial charge in [-0.2, -0.15) is 0 Å². The summed E-state index contributed by atoms with van der Waals surface area (Å²) in [5, 5.41) is 0. The molecule has 0 bridgehead atoms. The maximum Gasteiger partial charge on any atom is 0.123 e. The SMILES string of the molecule is COc1ccc(C(N)Cc2ccc(F)cc2C)cc1. The lowest BCUT2D eigenvalue weighted by Crippen LogP contribution is -2.14. The second-order valence-corrected chi connectivity index (χ2v) is 4.65. The summed E-state index contributed by atoms with van der Waals surface area (Å²) in [4.78, 5) is 0. The Labute approximate surface area is 113 Å². The Morgan fingerprint density at radius 1 is 1.16 bits per heavy atom. The van der Waals surface area contributed by atoms with Crippen LogP contribution >= 0.6 is 0 Å². The van der Waals surface area contributed by atoms with Crippen LogP contribution in [0.25, 0.3) is 0 Å². The second kappa shape index (κ2) is 5.85. The van der Waals surface area contributed by atoms with E-state index in [0.717, 1.165) is 22.4 Å². The minimum Gasteiger partial charge on any atom is -0.497 e. The molecule has 0 spiro atoms. The number of rotatable bonds is 4. The van der Waals surface area contributed by atoms with E-state index in [4.69, 9.17) is 10.5 Å². The molecule has 0 amide bonds. The Morgan fingerprint density at radius 2 is 1.84 bits per heavy atom. The maximum absolute atomic E-state index is 13.0. The Balaban J connectivity index is 2.13. The molecule has 0 fully saturated rings. The summed E-state index contributed by atoms with van der Waals surface area (Å²) in [6.45, 7) is 1.90. The Bertz CT molecular complexity index is 551. The summed E-state index contributed by atoms with van der Waals surface area (Å²) in [6, 6.07) is 12.4. The quantitative estimate of drug-likeness (QED) is 0.913. The highest BCUT2D eigenvalue weighted by molar-refractivity contribution is 5.32. The standard InChI is InChI=1S/C16H18FNO/c1-11-9-14(17)6-3-13(11)10-16(18)12-4-7-15(19-2)8-5-12/h3-9,16H,10,18H2,1-2H3. The Morgan fingerprint density at radius 3 is 2.42 bits per heavy atom. The highest BCUT2D eigenvalue weighted by atomic mass is 19.1. The largest absolute Gasteiger partial charge is 0.497 e. The van der Waals surface area contributed by atoms with Crippen LogP contribution in [0.5, 0.6) is 5.75 Å². The van der Waals surface area contributed by atoms with Crippen LogP contribution in [0.15, 0.2) is 42.5 Å². The van der Waals surface area contributed by atoms with Gasteiger partial charge in [-0.3, -0.25) is 0 Å². The van der Waals surface area contributed by atoms with Crippen LogP contribution < -0.4 is 10.5 Å². The van der Waals surface area contributed by atoms with Crippen LogP contribution in [0.4, 0.5) is 4.39 Å². The lowest BCUT2D eigenvalue weighted by Gasteiger charge is -2.14. The van der Waals surface area contributed by atoms with Crippen LogP contribution in [0.2, 0.25) is 0 Å². The van der Waals surface area contributed by atoms with Gasteiger partial charge in [0.05, 0.1) is 7.11 Å². The van der Waals surface area contributed by atoms with Gasteiger partial charge in [-0.1, -0.05) is 18.2 Å². The van der Waals surface area contributed by atoms with Crippen molar-refractivity contribution in [3.05, 3.63) is 65.0 Å². The van der Waals surface area contributed by atoms with Crippen molar-refractivity contribution < 1.29 is 9.13 Å². The molecule has 2 N–H and O–H groups in total. The monoisotopic (exact) mass is 259 g/mol.